The predicted molar refractivity (Wildman–Crippen MR) is 81.9 cm³/mol. The largest absolute Gasteiger partial charge is 0.464 e. The van der Waals surface area contributed by atoms with E-state index in [1.54, 1.807) is 0 Å². The molecule has 1 saturated carbocycles. The first-order valence-electron chi connectivity index (χ1n) is 8.83. The van der Waals surface area contributed by atoms with Gasteiger partial charge in [-0.3, -0.25) is 0 Å². The smallest absolute Gasteiger partial charge is 0.339 e. The van der Waals surface area contributed by atoms with Gasteiger partial charge in [-0.25, -0.2) is 4.79 Å². The second-order valence-corrected chi connectivity index (χ2v) is 8.01. The highest BCUT2D eigenvalue weighted by molar-refractivity contribution is 5.83. The number of hydrogen-bond donors (Lipinski definition) is 0. The molecule has 4 aliphatic rings. The molecule has 0 spiro atoms. The fourth-order valence-electron chi connectivity index (χ4n) is 4.77. The summed E-state index contributed by atoms with van der Waals surface area (Å²) in [6.07, 6.45) is 9.42. The molecule has 21 heavy (non-hydrogen) atoms. The molecule has 0 radical (unpaired) electrons. The Labute approximate surface area is 128 Å². The fourth-order valence-corrected chi connectivity index (χ4v) is 4.77. The standard InChI is InChI=1S/C18H30O3/c1-13-9-10-15-17(2,3)18(21-15,16(19)20-12-11-13)14-7-5-4-6-8-14/h13-15H,4-12H2,1-3H3/t13-,15+,18-/m1/s1. The Morgan fingerprint density at radius 3 is 2.38 bits per heavy atom. The molecular formula is C18H30O3. The van der Waals surface area contributed by atoms with E-state index in [1.807, 2.05) is 0 Å². The van der Waals surface area contributed by atoms with Gasteiger partial charge in [0.25, 0.3) is 0 Å². The molecule has 3 heterocycles. The molecule has 3 heteroatoms. The maximum Gasteiger partial charge on any atom is 0.339 e. The minimum Gasteiger partial charge on any atom is -0.464 e. The first-order chi connectivity index (χ1) is 9.98. The summed E-state index contributed by atoms with van der Waals surface area (Å²) >= 11 is 0. The van der Waals surface area contributed by atoms with Crippen LogP contribution in [-0.2, 0) is 14.3 Å². The highest BCUT2D eigenvalue weighted by atomic mass is 16.6. The van der Waals surface area contributed by atoms with Gasteiger partial charge >= 0.3 is 5.97 Å². The Morgan fingerprint density at radius 2 is 1.71 bits per heavy atom. The molecule has 3 saturated heterocycles. The van der Waals surface area contributed by atoms with Gasteiger partial charge in [0.2, 0.25) is 0 Å². The topological polar surface area (TPSA) is 35.5 Å². The van der Waals surface area contributed by atoms with Crippen LogP contribution in [-0.4, -0.2) is 24.3 Å². The predicted octanol–water partition coefficient (Wildman–Crippen LogP) is 4.09. The average molecular weight is 294 g/mol. The lowest BCUT2D eigenvalue weighted by molar-refractivity contribution is -0.327. The highest BCUT2D eigenvalue weighted by Crippen LogP contribution is 2.59. The van der Waals surface area contributed by atoms with Crippen LogP contribution in [0.2, 0.25) is 0 Å². The van der Waals surface area contributed by atoms with Crippen LogP contribution in [0.15, 0.2) is 0 Å². The van der Waals surface area contributed by atoms with E-state index < -0.39 is 5.60 Å². The second kappa shape index (κ2) is 5.57. The van der Waals surface area contributed by atoms with Gasteiger partial charge in [0.05, 0.1) is 12.7 Å². The van der Waals surface area contributed by atoms with Crippen LogP contribution in [0.1, 0.15) is 72.1 Å². The Balaban J connectivity index is 1.87. The summed E-state index contributed by atoms with van der Waals surface area (Å²) in [4.78, 5) is 12.9. The van der Waals surface area contributed by atoms with Crippen LogP contribution in [0.25, 0.3) is 0 Å². The molecule has 0 aromatic heterocycles. The Hall–Kier alpha value is -0.570. The number of rotatable bonds is 1. The Bertz CT molecular complexity index is 397. The minimum atomic E-state index is -0.668. The van der Waals surface area contributed by atoms with Crippen molar-refractivity contribution < 1.29 is 14.3 Å². The van der Waals surface area contributed by atoms with Crippen molar-refractivity contribution >= 4 is 5.97 Å². The average Bonchev–Trinajstić information content (AvgIpc) is 2.47. The summed E-state index contributed by atoms with van der Waals surface area (Å²) in [6.45, 7) is 7.25. The van der Waals surface area contributed by atoms with E-state index in [1.165, 1.54) is 25.7 Å². The highest BCUT2D eigenvalue weighted by Gasteiger charge is 2.69. The lowest BCUT2D eigenvalue weighted by Gasteiger charge is -2.63. The third kappa shape index (κ3) is 2.32. The van der Waals surface area contributed by atoms with Gasteiger partial charge in [0, 0.05) is 5.41 Å². The van der Waals surface area contributed by atoms with E-state index in [-0.39, 0.29) is 17.5 Å². The lowest BCUT2D eigenvalue weighted by atomic mass is 9.56. The summed E-state index contributed by atoms with van der Waals surface area (Å²) in [5.41, 5.74) is -0.762. The zero-order valence-electron chi connectivity index (χ0n) is 13.8. The molecule has 0 aromatic carbocycles. The number of carbonyl (C=O) groups excluding carboxylic acids is 1. The van der Waals surface area contributed by atoms with E-state index in [2.05, 4.69) is 20.8 Å². The van der Waals surface area contributed by atoms with Gasteiger partial charge < -0.3 is 9.47 Å². The van der Waals surface area contributed by atoms with Crippen LogP contribution in [0.3, 0.4) is 0 Å². The molecule has 0 unspecified atom stereocenters. The summed E-state index contributed by atoms with van der Waals surface area (Å²) in [5.74, 6) is 0.881. The molecular weight excluding hydrogens is 264 g/mol. The van der Waals surface area contributed by atoms with Gasteiger partial charge in [-0.05, 0) is 43.9 Å². The molecule has 1 aliphatic carbocycles. The van der Waals surface area contributed by atoms with Gasteiger partial charge in [0.1, 0.15) is 0 Å². The summed E-state index contributed by atoms with van der Waals surface area (Å²) in [5, 5.41) is 0. The van der Waals surface area contributed by atoms with Crippen molar-refractivity contribution in [2.75, 3.05) is 6.61 Å². The van der Waals surface area contributed by atoms with Gasteiger partial charge in [-0.15, -0.1) is 0 Å². The van der Waals surface area contributed by atoms with E-state index >= 15 is 0 Å². The van der Waals surface area contributed by atoms with E-state index in [0.717, 1.165) is 25.7 Å². The minimum absolute atomic E-state index is 0.0789. The summed E-state index contributed by atoms with van der Waals surface area (Å²) in [6, 6.07) is 0. The van der Waals surface area contributed by atoms with Crippen molar-refractivity contribution in [3.8, 4) is 0 Å². The van der Waals surface area contributed by atoms with Crippen molar-refractivity contribution in [3.63, 3.8) is 0 Å². The Morgan fingerprint density at radius 1 is 1.00 bits per heavy atom. The normalized spacial score (nSPS) is 41.0. The van der Waals surface area contributed by atoms with Crippen LogP contribution in [0.5, 0.6) is 0 Å². The van der Waals surface area contributed by atoms with E-state index in [0.29, 0.717) is 18.4 Å². The molecule has 4 fully saturated rings. The lowest BCUT2D eigenvalue weighted by Crippen LogP contribution is -2.74. The molecule has 0 N–H and O–H groups in total. The molecule has 0 amide bonds. The van der Waals surface area contributed by atoms with Gasteiger partial charge in [0.15, 0.2) is 5.60 Å². The zero-order chi connectivity index (χ0) is 15.1. The van der Waals surface area contributed by atoms with Crippen LogP contribution in [0, 0.1) is 17.3 Å². The van der Waals surface area contributed by atoms with Crippen molar-refractivity contribution in [2.24, 2.45) is 17.3 Å². The maximum absolute atomic E-state index is 12.9. The number of esters is 1. The van der Waals surface area contributed by atoms with Crippen LogP contribution >= 0.6 is 0 Å². The molecule has 120 valence electrons. The Kier molecular flexibility index (Phi) is 4.06. The molecule has 3 aliphatic heterocycles. The third-order valence-electron chi connectivity index (χ3n) is 6.34. The molecule has 4 rings (SSSR count). The van der Waals surface area contributed by atoms with Crippen molar-refractivity contribution in [1.82, 2.24) is 0 Å². The zero-order valence-corrected chi connectivity index (χ0v) is 13.8. The third-order valence-corrected chi connectivity index (χ3v) is 6.34. The SMILES string of the molecule is C[C@H]1CCOC(=O)[C@@]2(C3CCCCC3)O[C@@H](CC1)C2(C)C. The monoisotopic (exact) mass is 294 g/mol. The number of fused-ring (bicyclic) bond motifs is 6. The number of ether oxygens (including phenoxy) is 2. The molecule has 2 bridgehead atoms. The van der Waals surface area contributed by atoms with Gasteiger partial charge in [-0.1, -0.05) is 40.0 Å². The number of hydrogen-bond acceptors (Lipinski definition) is 3. The quantitative estimate of drug-likeness (QED) is 0.683. The first kappa shape index (κ1) is 15.3. The maximum atomic E-state index is 12.9. The van der Waals surface area contributed by atoms with Crippen LogP contribution in [0.4, 0.5) is 0 Å². The van der Waals surface area contributed by atoms with Gasteiger partial charge in [-0.2, -0.15) is 0 Å². The van der Waals surface area contributed by atoms with E-state index in [9.17, 15) is 4.79 Å². The van der Waals surface area contributed by atoms with E-state index in [4.69, 9.17) is 9.47 Å². The summed E-state index contributed by atoms with van der Waals surface area (Å²) in [7, 11) is 0. The molecule has 0 aromatic rings. The first-order valence-corrected chi connectivity index (χ1v) is 8.83. The van der Waals surface area contributed by atoms with Crippen molar-refractivity contribution in [3.05, 3.63) is 0 Å². The fraction of sp³-hybridized carbons (Fsp3) is 0.944. The van der Waals surface area contributed by atoms with Crippen LogP contribution < -0.4 is 0 Å². The molecule has 3 nitrogen and oxygen atoms in total. The number of carbonyl (C=O) groups is 1. The second-order valence-electron chi connectivity index (χ2n) is 8.01. The van der Waals surface area contributed by atoms with Crippen molar-refractivity contribution in [1.29, 1.82) is 0 Å². The molecule has 3 atom stereocenters. The summed E-state index contributed by atoms with van der Waals surface area (Å²) < 4.78 is 12.0. The van der Waals surface area contributed by atoms with Crippen molar-refractivity contribution in [2.45, 2.75) is 83.8 Å².